The van der Waals surface area contributed by atoms with Gasteiger partial charge in [0.15, 0.2) is 0 Å². The van der Waals surface area contributed by atoms with Crippen LogP contribution in [-0.2, 0) is 27.8 Å². The summed E-state index contributed by atoms with van der Waals surface area (Å²) in [5.41, 5.74) is 3.66. The molecule has 1 saturated heterocycles. The molecule has 35 heavy (non-hydrogen) atoms. The summed E-state index contributed by atoms with van der Waals surface area (Å²) in [5, 5.41) is 13.0. The molecule has 184 valence electrons. The molecule has 0 atom stereocenters. The first-order valence-electron chi connectivity index (χ1n) is 11.8. The first-order chi connectivity index (χ1) is 16.9. The van der Waals surface area contributed by atoms with Crippen LogP contribution in [0.25, 0.3) is 22.4 Å². The Bertz CT molecular complexity index is 1440. The Labute approximate surface area is 204 Å². The Balaban J connectivity index is 1.42. The molecule has 0 bridgehead atoms. The van der Waals surface area contributed by atoms with Gasteiger partial charge in [-0.05, 0) is 41.8 Å². The molecule has 1 fully saturated rings. The highest BCUT2D eigenvalue weighted by molar-refractivity contribution is 7.89. The van der Waals surface area contributed by atoms with E-state index in [1.165, 1.54) is 14.7 Å². The average Bonchev–Trinajstić information content (AvgIpc) is 3.48. The zero-order valence-electron chi connectivity index (χ0n) is 20.1. The number of rotatable bonds is 7. The second-order valence-corrected chi connectivity index (χ2v) is 10.8. The van der Waals surface area contributed by atoms with Crippen molar-refractivity contribution in [2.24, 2.45) is 0 Å². The number of benzene rings is 2. The van der Waals surface area contributed by atoms with E-state index < -0.39 is 10.0 Å². The van der Waals surface area contributed by atoms with Crippen LogP contribution in [-0.4, -0.2) is 68.8 Å². The number of ether oxygens (including phenoxy) is 1. The normalized spacial score (nSPS) is 15.3. The van der Waals surface area contributed by atoms with E-state index in [1.54, 1.807) is 12.1 Å². The highest BCUT2D eigenvalue weighted by atomic mass is 32.2. The van der Waals surface area contributed by atoms with Gasteiger partial charge in [0, 0.05) is 25.2 Å². The lowest BCUT2D eigenvalue weighted by atomic mass is 10.0. The molecule has 0 N–H and O–H groups in total. The summed E-state index contributed by atoms with van der Waals surface area (Å²) in [6.07, 6.45) is 0. The monoisotopic (exact) mass is 495 g/mol. The second kappa shape index (κ2) is 9.48. The molecule has 0 aliphatic carbocycles. The van der Waals surface area contributed by atoms with E-state index in [0.717, 1.165) is 16.9 Å². The fraction of sp³-hybridized carbons (Fsp3) is 0.417. The fourth-order valence-corrected chi connectivity index (χ4v) is 5.73. The van der Waals surface area contributed by atoms with Gasteiger partial charge in [-0.25, -0.2) is 13.4 Å². The van der Waals surface area contributed by atoms with Crippen molar-refractivity contribution in [1.82, 2.24) is 34.1 Å². The maximum absolute atomic E-state index is 13.1. The molecule has 2 aromatic carbocycles. The van der Waals surface area contributed by atoms with Crippen LogP contribution in [0.4, 0.5) is 0 Å². The van der Waals surface area contributed by atoms with Gasteiger partial charge in [0.2, 0.25) is 15.8 Å². The summed E-state index contributed by atoms with van der Waals surface area (Å²) in [6, 6.07) is 13.3. The molecule has 0 saturated carbocycles. The maximum Gasteiger partial charge on any atom is 0.243 e. The minimum atomic E-state index is -3.59. The Morgan fingerprint density at radius 2 is 1.80 bits per heavy atom. The number of hydrogen-bond acceptors (Lipinski definition) is 7. The number of sulfonamides is 1. The van der Waals surface area contributed by atoms with Gasteiger partial charge in [-0.15, -0.1) is 10.2 Å². The molecule has 5 rings (SSSR count). The number of fused-ring (bicyclic) bond motifs is 1. The van der Waals surface area contributed by atoms with Crippen molar-refractivity contribution >= 4 is 21.1 Å². The first-order valence-corrected chi connectivity index (χ1v) is 13.3. The van der Waals surface area contributed by atoms with E-state index in [4.69, 9.17) is 9.72 Å². The smallest absolute Gasteiger partial charge is 0.243 e. The summed E-state index contributed by atoms with van der Waals surface area (Å²) in [4.78, 5) is 6.50. The Morgan fingerprint density at radius 3 is 2.49 bits per heavy atom. The number of nitrogens with zero attached hydrogens (tertiary/aromatic N) is 7. The summed E-state index contributed by atoms with van der Waals surface area (Å²) >= 11 is 0. The van der Waals surface area contributed by atoms with Gasteiger partial charge in [-0.2, -0.15) is 9.10 Å². The second-order valence-electron chi connectivity index (χ2n) is 8.86. The third kappa shape index (κ3) is 4.58. The van der Waals surface area contributed by atoms with E-state index in [0.29, 0.717) is 56.7 Å². The standard InChI is InChI=1S/C24H29N7O3S/c1-4-30-22-10-9-20(35(32,33)29-11-13-34-14-12-29)15-21(22)25-23(30)16-31-27-24(26-28-31)19-7-5-18(6-8-19)17(2)3/h5-10,15,17H,4,11-14,16H2,1-3H3. The van der Waals surface area contributed by atoms with Crippen molar-refractivity contribution < 1.29 is 13.2 Å². The van der Waals surface area contributed by atoms with Gasteiger partial charge in [0.05, 0.1) is 29.1 Å². The van der Waals surface area contributed by atoms with Crippen LogP contribution >= 0.6 is 0 Å². The topological polar surface area (TPSA) is 108 Å². The van der Waals surface area contributed by atoms with Gasteiger partial charge >= 0.3 is 0 Å². The quantitative estimate of drug-likeness (QED) is 0.388. The number of hydrogen-bond donors (Lipinski definition) is 0. The highest BCUT2D eigenvalue weighted by Crippen LogP contribution is 2.24. The van der Waals surface area contributed by atoms with Crippen molar-refractivity contribution in [3.63, 3.8) is 0 Å². The van der Waals surface area contributed by atoms with Crippen molar-refractivity contribution in [2.75, 3.05) is 26.3 Å². The zero-order valence-corrected chi connectivity index (χ0v) is 20.9. The molecule has 0 unspecified atom stereocenters. The first kappa shape index (κ1) is 23.6. The van der Waals surface area contributed by atoms with E-state index in [2.05, 4.69) is 41.4 Å². The SMILES string of the molecule is CCn1c(Cn2nnc(-c3ccc(C(C)C)cc3)n2)nc2cc(S(=O)(=O)N3CCOCC3)ccc21. The van der Waals surface area contributed by atoms with Crippen LogP contribution in [0.1, 0.15) is 38.1 Å². The molecule has 0 amide bonds. The molecule has 11 heteroatoms. The lowest BCUT2D eigenvalue weighted by Gasteiger charge is -2.26. The number of aromatic nitrogens is 6. The number of aryl methyl sites for hydroxylation is 1. The van der Waals surface area contributed by atoms with Gasteiger partial charge in [0.1, 0.15) is 12.4 Å². The van der Waals surface area contributed by atoms with Crippen molar-refractivity contribution in [2.45, 2.75) is 44.7 Å². The third-order valence-corrected chi connectivity index (χ3v) is 8.19. The Hall–Kier alpha value is -3.15. The highest BCUT2D eigenvalue weighted by Gasteiger charge is 2.27. The summed E-state index contributed by atoms with van der Waals surface area (Å²) in [7, 11) is -3.59. The molecule has 1 aliphatic heterocycles. The summed E-state index contributed by atoms with van der Waals surface area (Å²) in [6.45, 7) is 8.87. The van der Waals surface area contributed by atoms with Gasteiger partial charge in [-0.1, -0.05) is 38.1 Å². The molecular weight excluding hydrogens is 466 g/mol. The molecule has 3 heterocycles. The number of tetrazole rings is 1. The fourth-order valence-electron chi connectivity index (χ4n) is 4.30. The van der Waals surface area contributed by atoms with E-state index in [1.807, 2.05) is 29.7 Å². The Kier molecular flexibility index (Phi) is 6.39. The predicted octanol–water partition coefficient (Wildman–Crippen LogP) is 2.90. The summed E-state index contributed by atoms with van der Waals surface area (Å²) < 4.78 is 35.0. The van der Waals surface area contributed by atoms with Gasteiger partial charge < -0.3 is 9.30 Å². The Morgan fingerprint density at radius 1 is 1.06 bits per heavy atom. The van der Waals surface area contributed by atoms with Crippen LogP contribution in [0.3, 0.4) is 0 Å². The van der Waals surface area contributed by atoms with Crippen LogP contribution in [0.5, 0.6) is 0 Å². The van der Waals surface area contributed by atoms with Crippen molar-refractivity contribution in [3.05, 3.63) is 53.9 Å². The van der Waals surface area contributed by atoms with Gasteiger partial charge in [-0.3, -0.25) is 0 Å². The lowest BCUT2D eigenvalue weighted by Crippen LogP contribution is -2.40. The zero-order chi connectivity index (χ0) is 24.6. The van der Waals surface area contributed by atoms with E-state index in [-0.39, 0.29) is 4.90 Å². The van der Waals surface area contributed by atoms with Crippen LogP contribution in [0.15, 0.2) is 47.4 Å². The summed E-state index contributed by atoms with van der Waals surface area (Å²) in [5.74, 6) is 1.75. The van der Waals surface area contributed by atoms with Gasteiger partial charge in [0.25, 0.3) is 0 Å². The number of imidazole rings is 1. The molecule has 0 radical (unpaired) electrons. The molecule has 1 aliphatic rings. The van der Waals surface area contributed by atoms with Crippen LogP contribution < -0.4 is 0 Å². The predicted molar refractivity (Wildman–Crippen MR) is 131 cm³/mol. The largest absolute Gasteiger partial charge is 0.379 e. The molecular formula is C24H29N7O3S. The average molecular weight is 496 g/mol. The molecule has 10 nitrogen and oxygen atoms in total. The minimum Gasteiger partial charge on any atom is -0.379 e. The van der Waals surface area contributed by atoms with Crippen LogP contribution in [0.2, 0.25) is 0 Å². The van der Waals surface area contributed by atoms with Crippen molar-refractivity contribution in [3.8, 4) is 11.4 Å². The molecule has 2 aromatic heterocycles. The minimum absolute atomic E-state index is 0.241. The number of morpholine rings is 1. The maximum atomic E-state index is 13.1. The third-order valence-electron chi connectivity index (χ3n) is 6.29. The molecule has 0 spiro atoms. The van der Waals surface area contributed by atoms with Crippen molar-refractivity contribution in [1.29, 1.82) is 0 Å². The van der Waals surface area contributed by atoms with E-state index >= 15 is 0 Å². The van der Waals surface area contributed by atoms with Crippen LogP contribution in [0, 0.1) is 0 Å². The lowest BCUT2D eigenvalue weighted by molar-refractivity contribution is 0.0730. The molecule has 4 aromatic rings. The van der Waals surface area contributed by atoms with E-state index in [9.17, 15) is 8.42 Å².